The Labute approximate surface area is 115 Å². The third kappa shape index (κ3) is 3.78. The highest BCUT2D eigenvalue weighted by molar-refractivity contribution is 5.91. The SMILES string of the molecule is C=C(O)/C(=C\C(C=CC)c1ccc(F)cc1F)C(=O)O. The predicted molar refractivity (Wildman–Crippen MR) is 71.4 cm³/mol. The van der Waals surface area contributed by atoms with Gasteiger partial charge < -0.3 is 10.2 Å². The van der Waals surface area contributed by atoms with Crippen LogP contribution in [0.25, 0.3) is 0 Å². The molecular weight excluding hydrogens is 266 g/mol. The fourth-order valence-corrected chi connectivity index (χ4v) is 1.70. The fourth-order valence-electron chi connectivity index (χ4n) is 1.70. The van der Waals surface area contributed by atoms with Crippen LogP contribution >= 0.6 is 0 Å². The molecule has 106 valence electrons. The minimum atomic E-state index is -1.38. The number of carbonyl (C=O) groups is 1. The molecule has 1 aromatic rings. The summed E-state index contributed by atoms with van der Waals surface area (Å²) in [6, 6.07) is 3.02. The van der Waals surface area contributed by atoms with Crippen LogP contribution in [0.5, 0.6) is 0 Å². The molecule has 0 aliphatic rings. The molecule has 0 spiro atoms. The average molecular weight is 280 g/mol. The highest BCUT2D eigenvalue weighted by Crippen LogP contribution is 2.25. The number of aliphatic carboxylic acids is 1. The Hall–Kier alpha value is -2.43. The number of carboxylic acid groups (broad SMARTS) is 1. The maximum absolute atomic E-state index is 13.7. The Morgan fingerprint density at radius 1 is 1.35 bits per heavy atom. The van der Waals surface area contributed by atoms with E-state index in [4.69, 9.17) is 5.11 Å². The van der Waals surface area contributed by atoms with E-state index in [-0.39, 0.29) is 5.56 Å². The number of carboxylic acids is 1. The zero-order chi connectivity index (χ0) is 15.3. The second-order valence-corrected chi connectivity index (χ2v) is 4.05. The quantitative estimate of drug-likeness (QED) is 0.374. The van der Waals surface area contributed by atoms with Crippen LogP contribution in [0.4, 0.5) is 8.78 Å². The molecule has 1 unspecified atom stereocenters. The first-order chi connectivity index (χ1) is 9.36. The molecule has 0 amide bonds. The highest BCUT2D eigenvalue weighted by Gasteiger charge is 2.17. The fraction of sp³-hybridized carbons (Fsp3) is 0.133. The van der Waals surface area contributed by atoms with Crippen molar-refractivity contribution in [3.63, 3.8) is 0 Å². The van der Waals surface area contributed by atoms with Crippen molar-refractivity contribution in [3.8, 4) is 0 Å². The topological polar surface area (TPSA) is 57.5 Å². The molecule has 0 saturated heterocycles. The Bertz CT molecular complexity index is 573. The average Bonchev–Trinajstić information content (AvgIpc) is 2.34. The summed E-state index contributed by atoms with van der Waals surface area (Å²) in [5.41, 5.74) is -0.332. The lowest BCUT2D eigenvalue weighted by atomic mass is 9.95. The number of allylic oxidation sites excluding steroid dienone is 3. The molecule has 0 aliphatic heterocycles. The van der Waals surface area contributed by atoms with E-state index >= 15 is 0 Å². The number of benzene rings is 1. The molecule has 1 aromatic carbocycles. The number of hydrogen-bond donors (Lipinski definition) is 2. The number of aliphatic hydroxyl groups is 1. The van der Waals surface area contributed by atoms with Crippen LogP contribution in [-0.4, -0.2) is 16.2 Å². The molecule has 5 heteroatoms. The van der Waals surface area contributed by atoms with E-state index in [9.17, 15) is 18.7 Å². The summed E-state index contributed by atoms with van der Waals surface area (Å²) in [4.78, 5) is 11.0. The van der Waals surface area contributed by atoms with Gasteiger partial charge in [-0.3, -0.25) is 0 Å². The second-order valence-electron chi connectivity index (χ2n) is 4.05. The summed E-state index contributed by atoms with van der Waals surface area (Å²) < 4.78 is 26.6. The predicted octanol–water partition coefficient (Wildman–Crippen LogP) is 3.71. The molecule has 1 atom stereocenters. The van der Waals surface area contributed by atoms with Gasteiger partial charge in [-0.1, -0.05) is 30.9 Å². The van der Waals surface area contributed by atoms with Crippen molar-refractivity contribution >= 4 is 5.97 Å². The Balaban J connectivity index is 3.34. The smallest absolute Gasteiger partial charge is 0.339 e. The Morgan fingerprint density at radius 2 is 2.00 bits per heavy atom. The molecule has 0 aromatic heterocycles. The van der Waals surface area contributed by atoms with Crippen LogP contribution in [0.3, 0.4) is 0 Å². The summed E-state index contributed by atoms with van der Waals surface area (Å²) in [6.07, 6.45) is 4.28. The van der Waals surface area contributed by atoms with Crippen LogP contribution in [0, 0.1) is 11.6 Å². The Morgan fingerprint density at radius 3 is 2.45 bits per heavy atom. The molecule has 0 heterocycles. The summed E-state index contributed by atoms with van der Waals surface area (Å²) in [5, 5.41) is 18.2. The zero-order valence-corrected chi connectivity index (χ0v) is 10.8. The van der Waals surface area contributed by atoms with E-state index in [2.05, 4.69) is 6.58 Å². The molecule has 3 nitrogen and oxygen atoms in total. The lowest BCUT2D eigenvalue weighted by Gasteiger charge is -2.11. The summed E-state index contributed by atoms with van der Waals surface area (Å²) in [7, 11) is 0. The largest absolute Gasteiger partial charge is 0.508 e. The maximum atomic E-state index is 13.7. The van der Waals surface area contributed by atoms with Gasteiger partial charge in [-0.25, -0.2) is 13.6 Å². The molecule has 1 rings (SSSR count). The van der Waals surface area contributed by atoms with Gasteiger partial charge in [0.1, 0.15) is 17.4 Å². The molecular formula is C15H14F2O3. The van der Waals surface area contributed by atoms with Gasteiger partial charge in [0.15, 0.2) is 0 Å². The van der Waals surface area contributed by atoms with Crippen LogP contribution in [0.1, 0.15) is 18.4 Å². The van der Waals surface area contributed by atoms with Crippen molar-refractivity contribution in [1.82, 2.24) is 0 Å². The van der Waals surface area contributed by atoms with E-state index in [0.29, 0.717) is 6.07 Å². The Kier molecular flexibility index (Phi) is 5.20. The summed E-state index contributed by atoms with van der Waals surface area (Å²) >= 11 is 0. The van der Waals surface area contributed by atoms with E-state index in [1.807, 2.05) is 0 Å². The van der Waals surface area contributed by atoms with Gasteiger partial charge in [-0.05, 0) is 18.6 Å². The molecule has 0 radical (unpaired) electrons. The van der Waals surface area contributed by atoms with E-state index in [1.165, 1.54) is 12.1 Å². The molecule has 0 aliphatic carbocycles. The molecule has 0 saturated carbocycles. The van der Waals surface area contributed by atoms with Crippen LogP contribution in [-0.2, 0) is 4.79 Å². The van der Waals surface area contributed by atoms with Gasteiger partial charge in [-0.2, -0.15) is 0 Å². The highest BCUT2D eigenvalue weighted by atomic mass is 19.1. The van der Waals surface area contributed by atoms with E-state index in [0.717, 1.165) is 12.1 Å². The van der Waals surface area contributed by atoms with Gasteiger partial charge >= 0.3 is 5.97 Å². The zero-order valence-electron chi connectivity index (χ0n) is 10.8. The summed E-state index contributed by atoms with van der Waals surface area (Å²) in [5.74, 6) is -4.28. The molecule has 0 bridgehead atoms. The lowest BCUT2D eigenvalue weighted by molar-refractivity contribution is -0.132. The van der Waals surface area contributed by atoms with E-state index in [1.54, 1.807) is 13.0 Å². The third-order valence-corrected chi connectivity index (χ3v) is 2.61. The first kappa shape index (κ1) is 15.6. The monoisotopic (exact) mass is 280 g/mol. The van der Waals surface area contributed by atoms with Gasteiger partial charge in [-0.15, -0.1) is 0 Å². The van der Waals surface area contributed by atoms with Crippen molar-refractivity contribution in [2.24, 2.45) is 0 Å². The van der Waals surface area contributed by atoms with Gasteiger partial charge in [0.2, 0.25) is 0 Å². The first-order valence-electron chi connectivity index (χ1n) is 5.78. The van der Waals surface area contributed by atoms with Crippen molar-refractivity contribution in [2.45, 2.75) is 12.8 Å². The van der Waals surface area contributed by atoms with Crippen molar-refractivity contribution in [1.29, 1.82) is 0 Å². The third-order valence-electron chi connectivity index (χ3n) is 2.61. The summed E-state index contributed by atoms with van der Waals surface area (Å²) in [6.45, 7) is 4.83. The van der Waals surface area contributed by atoms with E-state index < -0.39 is 34.9 Å². The van der Waals surface area contributed by atoms with Crippen LogP contribution < -0.4 is 0 Å². The molecule has 0 fully saturated rings. The normalized spacial score (nSPS) is 13.4. The number of aliphatic hydroxyl groups excluding tert-OH is 1. The lowest BCUT2D eigenvalue weighted by Crippen LogP contribution is -2.06. The number of rotatable bonds is 5. The standard InChI is InChI=1S/C15H14F2O3/c1-3-4-10(7-13(9(2)18)15(19)20)12-6-5-11(16)8-14(12)17/h3-8,10,18H,2H2,1H3,(H,19,20)/b4-3?,13-7+. The van der Waals surface area contributed by atoms with Gasteiger partial charge in [0.25, 0.3) is 0 Å². The minimum absolute atomic E-state index is 0.101. The van der Waals surface area contributed by atoms with Crippen LogP contribution in [0.2, 0.25) is 0 Å². The second kappa shape index (κ2) is 6.65. The van der Waals surface area contributed by atoms with Crippen molar-refractivity contribution in [2.75, 3.05) is 0 Å². The minimum Gasteiger partial charge on any atom is -0.508 e. The molecule has 2 N–H and O–H groups in total. The van der Waals surface area contributed by atoms with Crippen LogP contribution in [0.15, 0.2) is 54.3 Å². The maximum Gasteiger partial charge on any atom is 0.339 e. The first-order valence-corrected chi connectivity index (χ1v) is 5.78. The van der Waals surface area contributed by atoms with Gasteiger partial charge in [0, 0.05) is 12.0 Å². The van der Waals surface area contributed by atoms with Crippen molar-refractivity contribution in [3.05, 3.63) is 71.5 Å². The van der Waals surface area contributed by atoms with Crippen molar-refractivity contribution < 1.29 is 23.8 Å². The number of hydrogen-bond acceptors (Lipinski definition) is 2. The number of halogens is 2. The van der Waals surface area contributed by atoms with Gasteiger partial charge in [0.05, 0.1) is 5.57 Å². The molecule has 20 heavy (non-hydrogen) atoms.